The van der Waals surface area contributed by atoms with E-state index < -0.39 is 15.9 Å². The third-order valence-corrected chi connectivity index (χ3v) is 10.1. The number of carbonyl (C=O) groups excluding carboxylic acids is 2. The zero-order valence-corrected chi connectivity index (χ0v) is 26.9. The van der Waals surface area contributed by atoms with Crippen LogP contribution in [0.15, 0.2) is 30.6 Å². The second-order valence-electron chi connectivity index (χ2n) is 12.4. The van der Waals surface area contributed by atoms with Crippen LogP contribution in [0.25, 0.3) is 0 Å². The summed E-state index contributed by atoms with van der Waals surface area (Å²) in [5, 5.41) is 0.527. The topological polar surface area (TPSA) is 133 Å². The van der Waals surface area contributed by atoms with Crippen molar-refractivity contribution in [3.63, 3.8) is 0 Å². The van der Waals surface area contributed by atoms with Crippen molar-refractivity contribution in [3.05, 3.63) is 47.0 Å². The third-order valence-electron chi connectivity index (χ3n) is 9.13. The molecule has 45 heavy (non-hydrogen) atoms. The van der Waals surface area contributed by atoms with Crippen molar-refractivity contribution in [1.82, 2.24) is 19.8 Å². The average Bonchev–Trinajstić information content (AvgIpc) is 3.59. The van der Waals surface area contributed by atoms with E-state index in [9.17, 15) is 22.4 Å². The van der Waals surface area contributed by atoms with E-state index in [1.807, 2.05) is 0 Å². The maximum absolute atomic E-state index is 14.9. The zero-order chi connectivity index (χ0) is 32.0. The molecule has 0 aliphatic carbocycles. The highest BCUT2D eigenvalue weighted by Gasteiger charge is 2.42. The number of anilines is 1. The maximum atomic E-state index is 14.9. The summed E-state index contributed by atoms with van der Waals surface area (Å²) in [6.07, 6.45) is 8.09. The Morgan fingerprint density at radius 1 is 0.978 bits per heavy atom. The zero-order valence-electron chi connectivity index (χ0n) is 25.3. The summed E-state index contributed by atoms with van der Waals surface area (Å²) in [5.74, 6) is 1.16. The Bertz CT molecular complexity index is 1430. The molecular formula is C31H41ClFN5O6S. The van der Waals surface area contributed by atoms with Crippen molar-refractivity contribution in [3.8, 4) is 5.75 Å². The van der Waals surface area contributed by atoms with Crippen molar-refractivity contribution >= 4 is 39.5 Å². The molecule has 5 rings (SSSR count). The van der Waals surface area contributed by atoms with Gasteiger partial charge in [-0.2, -0.15) is 8.42 Å². The van der Waals surface area contributed by atoms with Crippen LogP contribution in [0.3, 0.4) is 0 Å². The van der Waals surface area contributed by atoms with E-state index in [1.165, 1.54) is 6.07 Å². The van der Waals surface area contributed by atoms with E-state index >= 15 is 0 Å². The molecule has 0 radical (unpaired) electrons. The molecule has 1 aromatic carbocycles. The molecule has 3 fully saturated rings. The first kappa shape index (κ1) is 33.3. The molecule has 0 saturated carbocycles. The number of hydrogen-bond acceptors (Lipinski definition) is 8. The first-order valence-electron chi connectivity index (χ1n) is 15.7. The summed E-state index contributed by atoms with van der Waals surface area (Å²) in [4.78, 5) is 39.8. The van der Waals surface area contributed by atoms with Crippen LogP contribution in [0.1, 0.15) is 50.5 Å². The summed E-state index contributed by atoms with van der Waals surface area (Å²) < 4.78 is 51.2. The smallest absolute Gasteiger partial charge is 0.264 e. The predicted octanol–water partition coefficient (Wildman–Crippen LogP) is 3.86. The average molecular weight is 666 g/mol. The first-order valence-corrected chi connectivity index (χ1v) is 17.7. The van der Waals surface area contributed by atoms with E-state index in [2.05, 4.69) is 14.9 Å². The fourth-order valence-electron chi connectivity index (χ4n) is 6.61. The van der Waals surface area contributed by atoms with Crippen molar-refractivity contribution in [2.45, 2.75) is 51.4 Å². The fourth-order valence-corrected chi connectivity index (χ4v) is 7.27. The number of piperidine rings is 1. The molecule has 1 aromatic heterocycles. The Morgan fingerprint density at radius 2 is 1.62 bits per heavy atom. The normalized spacial score (nSPS) is 20.5. The first-order chi connectivity index (χ1) is 21.5. The van der Waals surface area contributed by atoms with Gasteiger partial charge in [-0.25, -0.2) is 14.4 Å². The number of hydrogen-bond donors (Lipinski definition) is 1. The molecule has 2 atom stereocenters. The predicted molar refractivity (Wildman–Crippen MR) is 167 cm³/mol. The van der Waals surface area contributed by atoms with Gasteiger partial charge >= 0.3 is 0 Å². The Kier molecular flexibility index (Phi) is 11.1. The number of ether oxygens (including phenoxy) is 1. The molecular weight excluding hydrogens is 625 g/mol. The standard InChI is InChI=1S/C31H41ClFN5O6S/c32-26-16-34-31(35-17-26)36-10-8-22(9-11-36)4-3-12-44-27-7-6-23(28(33)15-27)14-30(40)38-20-24-18-37(19-25(24)21-38)29(39)5-1-2-13-45(41,42)43/h6-7,15-17,22,24-25H,1-5,8-14,18-21H2,(H,41,42,43)/t24-,25+. The van der Waals surface area contributed by atoms with E-state index in [0.29, 0.717) is 67.4 Å². The van der Waals surface area contributed by atoms with Crippen molar-refractivity contribution in [2.24, 2.45) is 17.8 Å². The highest BCUT2D eigenvalue weighted by atomic mass is 35.5. The minimum atomic E-state index is -4.01. The Morgan fingerprint density at radius 3 is 2.24 bits per heavy atom. The van der Waals surface area contributed by atoms with Gasteiger partial charge in [-0.15, -0.1) is 0 Å². The molecule has 3 aliphatic heterocycles. The SMILES string of the molecule is O=C(CCCCS(=O)(=O)O)N1C[C@@H]2CN(C(=O)Cc3ccc(OCCCC4CCN(c5ncc(Cl)cn5)CC4)cc3F)C[C@@H]2C1. The second-order valence-corrected chi connectivity index (χ2v) is 14.4. The van der Waals surface area contributed by atoms with Gasteiger partial charge in [0.15, 0.2) is 0 Å². The number of halogens is 2. The number of carbonyl (C=O) groups is 2. The van der Waals surface area contributed by atoms with Gasteiger partial charge in [0.1, 0.15) is 11.6 Å². The van der Waals surface area contributed by atoms with Gasteiger partial charge in [-0.1, -0.05) is 17.7 Å². The number of amides is 2. The van der Waals surface area contributed by atoms with Crippen LogP contribution < -0.4 is 9.64 Å². The number of benzene rings is 1. The van der Waals surface area contributed by atoms with Crippen LogP contribution in [0.2, 0.25) is 5.02 Å². The minimum Gasteiger partial charge on any atom is -0.493 e. The molecule has 0 spiro atoms. The largest absolute Gasteiger partial charge is 0.493 e. The van der Waals surface area contributed by atoms with Crippen molar-refractivity contribution in [1.29, 1.82) is 0 Å². The molecule has 4 heterocycles. The third kappa shape index (κ3) is 9.49. The monoisotopic (exact) mass is 665 g/mol. The minimum absolute atomic E-state index is 0.0261. The van der Waals surface area contributed by atoms with Gasteiger partial charge in [0.05, 0.1) is 36.2 Å². The van der Waals surface area contributed by atoms with Gasteiger partial charge < -0.3 is 19.4 Å². The summed E-state index contributed by atoms with van der Waals surface area (Å²) >= 11 is 5.88. The summed E-state index contributed by atoms with van der Waals surface area (Å²) in [6.45, 7) is 4.49. The molecule has 14 heteroatoms. The molecule has 246 valence electrons. The quantitative estimate of drug-likeness (QED) is 0.250. The molecule has 0 unspecified atom stereocenters. The highest BCUT2D eigenvalue weighted by Crippen LogP contribution is 2.32. The Hall–Kier alpha value is -3.03. The number of nitrogens with zero attached hydrogens (tertiary/aromatic N) is 5. The van der Waals surface area contributed by atoms with E-state index in [0.717, 1.165) is 38.8 Å². The maximum Gasteiger partial charge on any atom is 0.264 e. The number of aromatic nitrogens is 2. The van der Waals surface area contributed by atoms with Gasteiger partial charge in [0.25, 0.3) is 10.1 Å². The lowest BCUT2D eigenvalue weighted by atomic mass is 9.92. The lowest BCUT2D eigenvalue weighted by Gasteiger charge is -2.31. The van der Waals surface area contributed by atoms with Crippen LogP contribution in [0, 0.1) is 23.6 Å². The molecule has 0 bridgehead atoms. The van der Waals surface area contributed by atoms with Crippen LogP contribution >= 0.6 is 11.6 Å². The van der Waals surface area contributed by atoms with Crippen LogP contribution in [0.4, 0.5) is 10.3 Å². The molecule has 3 saturated heterocycles. The van der Waals surface area contributed by atoms with Gasteiger partial charge in [-0.3, -0.25) is 14.1 Å². The second kappa shape index (κ2) is 15.0. The number of rotatable bonds is 13. The van der Waals surface area contributed by atoms with Gasteiger partial charge in [-0.05, 0) is 56.1 Å². The molecule has 2 aromatic rings. The fraction of sp³-hybridized carbons (Fsp3) is 0.613. The van der Waals surface area contributed by atoms with E-state index in [4.69, 9.17) is 20.9 Å². The molecule has 11 nitrogen and oxygen atoms in total. The summed E-state index contributed by atoms with van der Waals surface area (Å²) in [5.41, 5.74) is 0.336. The molecule has 2 amide bonds. The molecule has 1 N–H and O–H groups in total. The number of fused-ring (bicyclic) bond motifs is 1. The summed E-state index contributed by atoms with van der Waals surface area (Å²) in [7, 11) is -4.01. The van der Waals surface area contributed by atoms with Gasteiger partial charge in [0, 0.05) is 63.6 Å². The Balaban J connectivity index is 0.976. The van der Waals surface area contributed by atoms with Crippen molar-refractivity contribution in [2.75, 3.05) is 56.5 Å². The highest BCUT2D eigenvalue weighted by molar-refractivity contribution is 7.85. The van der Waals surface area contributed by atoms with Gasteiger partial charge in [0.2, 0.25) is 17.8 Å². The summed E-state index contributed by atoms with van der Waals surface area (Å²) in [6, 6.07) is 4.69. The van der Waals surface area contributed by atoms with E-state index in [-0.39, 0.29) is 48.7 Å². The lowest BCUT2D eigenvalue weighted by Crippen LogP contribution is -2.36. The lowest BCUT2D eigenvalue weighted by molar-refractivity contribution is -0.131. The molecule has 3 aliphatic rings. The Labute approximate surface area is 268 Å². The van der Waals surface area contributed by atoms with Crippen LogP contribution in [-0.2, 0) is 26.1 Å². The number of unbranched alkanes of at least 4 members (excludes halogenated alkanes) is 1. The van der Waals surface area contributed by atoms with Crippen LogP contribution in [-0.4, -0.2) is 96.2 Å². The number of likely N-dealkylation sites (tertiary alicyclic amines) is 2. The van der Waals surface area contributed by atoms with Crippen molar-refractivity contribution < 1.29 is 31.7 Å². The van der Waals surface area contributed by atoms with E-state index in [1.54, 1.807) is 34.3 Å². The van der Waals surface area contributed by atoms with Crippen LogP contribution in [0.5, 0.6) is 5.75 Å².